The van der Waals surface area contributed by atoms with Crippen LogP contribution in [0.2, 0.25) is 0 Å². The van der Waals surface area contributed by atoms with Gasteiger partial charge in [0.2, 0.25) is 0 Å². The van der Waals surface area contributed by atoms with Crippen LogP contribution in [0.5, 0.6) is 0 Å². The zero-order valence-electron chi connectivity index (χ0n) is 14.1. The molecule has 124 valence electrons. The van der Waals surface area contributed by atoms with E-state index in [2.05, 4.69) is 21.0 Å². The molecule has 0 fully saturated rings. The Kier molecular flexibility index (Phi) is 19.0. The Morgan fingerprint density at radius 1 is 0.650 bits per heavy atom. The molecule has 20 heavy (non-hydrogen) atoms. The Labute approximate surface area is 150 Å². The SMILES string of the molecule is CCCCCCCCCCCCCC[N+](C)(C)CCl.[I-]. The number of halogens is 2. The van der Waals surface area contributed by atoms with Crippen LogP contribution in [0.25, 0.3) is 0 Å². The second kappa shape index (κ2) is 16.4. The van der Waals surface area contributed by atoms with Crippen molar-refractivity contribution in [3.63, 3.8) is 0 Å². The summed E-state index contributed by atoms with van der Waals surface area (Å²) < 4.78 is 0.958. The van der Waals surface area contributed by atoms with Crippen molar-refractivity contribution in [1.82, 2.24) is 0 Å². The third-order valence-electron chi connectivity index (χ3n) is 3.94. The molecule has 0 aromatic heterocycles. The first-order valence-corrected chi connectivity index (χ1v) is 9.04. The van der Waals surface area contributed by atoms with Gasteiger partial charge in [0.25, 0.3) is 0 Å². The van der Waals surface area contributed by atoms with Crippen molar-refractivity contribution in [2.24, 2.45) is 0 Å². The summed E-state index contributed by atoms with van der Waals surface area (Å²) in [5, 5.41) is 0. The Morgan fingerprint density at radius 3 is 1.35 bits per heavy atom. The third-order valence-corrected chi connectivity index (χ3v) is 4.59. The van der Waals surface area contributed by atoms with E-state index < -0.39 is 0 Å². The fraction of sp³-hybridized carbons (Fsp3) is 1.00. The highest BCUT2D eigenvalue weighted by Gasteiger charge is 2.11. The summed E-state index contributed by atoms with van der Waals surface area (Å²) in [4.78, 5) is 0. The number of rotatable bonds is 14. The van der Waals surface area contributed by atoms with E-state index in [-0.39, 0.29) is 24.0 Å². The second-order valence-electron chi connectivity index (χ2n) is 6.67. The first-order chi connectivity index (χ1) is 9.12. The number of alkyl halides is 1. The average Bonchev–Trinajstić information content (AvgIpc) is 2.40. The second-order valence-corrected chi connectivity index (χ2v) is 6.91. The van der Waals surface area contributed by atoms with Crippen LogP contribution in [0.3, 0.4) is 0 Å². The summed E-state index contributed by atoms with van der Waals surface area (Å²) >= 11 is 5.91. The minimum Gasteiger partial charge on any atom is -1.00 e. The van der Waals surface area contributed by atoms with Gasteiger partial charge in [-0.05, 0) is 12.8 Å². The molecule has 0 aliphatic carbocycles. The maximum atomic E-state index is 5.91. The molecule has 0 radical (unpaired) electrons. The molecule has 0 aromatic rings. The lowest BCUT2D eigenvalue weighted by molar-refractivity contribution is -0.879. The van der Waals surface area contributed by atoms with Gasteiger partial charge < -0.3 is 28.5 Å². The monoisotopic (exact) mass is 417 g/mol. The maximum Gasteiger partial charge on any atom is 0.154 e. The average molecular weight is 418 g/mol. The van der Waals surface area contributed by atoms with Gasteiger partial charge in [-0.2, -0.15) is 0 Å². The van der Waals surface area contributed by atoms with Gasteiger partial charge in [-0.1, -0.05) is 82.7 Å². The molecule has 0 aliphatic rings. The summed E-state index contributed by atoms with van der Waals surface area (Å²) in [6.45, 7) is 3.51. The molecule has 0 saturated carbocycles. The predicted molar refractivity (Wildman–Crippen MR) is 88.8 cm³/mol. The minimum atomic E-state index is 0. The Morgan fingerprint density at radius 2 is 1.00 bits per heavy atom. The molecule has 0 bridgehead atoms. The maximum absolute atomic E-state index is 5.91. The van der Waals surface area contributed by atoms with Gasteiger partial charge in [-0.15, -0.1) is 0 Å². The Balaban J connectivity index is 0. The van der Waals surface area contributed by atoms with Crippen molar-refractivity contribution < 1.29 is 28.5 Å². The number of quaternary nitrogens is 1. The molecule has 0 amide bonds. The smallest absolute Gasteiger partial charge is 0.154 e. The van der Waals surface area contributed by atoms with Gasteiger partial charge in [0.15, 0.2) is 6.00 Å². The van der Waals surface area contributed by atoms with Crippen LogP contribution in [-0.2, 0) is 0 Å². The van der Waals surface area contributed by atoms with Gasteiger partial charge in [0.1, 0.15) is 0 Å². The summed E-state index contributed by atoms with van der Waals surface area (Å²) in [6, 6.07) is 0.734. The Hall–Kier alpha value is 0.980. The molecular weight excluding hydrogens is 381 g/mol. The van der Waals surface area contributed by atoms with E-state index in [1.165, 1.54) is 83.6 Å². The van der Waals surface area contributed by atoms with E-state index in [1.807, 2.05) is 0 Å². The first kappa shape index (κ1) is 23.2. The van der Waals surface area contributed by atoms with E-state index >= 15 is 0 Å². The van der Waals surface area contributed by atoms with Crippen LogP contribution in [0.4, 0.5) is 0 Å². The normalized spacial score (nSPS) is 11.4. The van der Waals surface area contributed by atoms with E-state index in [9.17, 15) is 0 Å². The van der Waals surface area contributed by atoms with E-state index in [4.69, 9.17) is 11.6 Å². The predicted octanol–water partition coefficient (Wildman–Crippen LogP) is 2.96. The third kappa shape index (κ3) is 17.0. The molecule has 0 unspecified atom stereocenters. The molecule has 0 aromatic carbocycles. The van der Waals surface area contributed by atoms with Crippen molar-refractivity contribution in [2.45, 2.75) is 84.0 Å². The number of unbranched alkanes of at least 4 members (excludes halogenated alkanes) is 11. The molecule has 0 N–H and O–H groups in total. The molecule has 0 heterocycles. The first-order valence-electron chi connectivity index (χ1n) is 8.50. The summed E-state index contributed by atoms with van der Waals surface area (Å²) in [5.41, 5.74) is 0. The molecule has 0 aliphatic heterocycles. The fourth-order valence-electron chi connectivity index (χ4n) is 2.44. The van der Waals surface area contributed by atoms with Crippen LogP contribution >= 0.6 is 11.6 Å². The van der Waals surface area contributed by atoms with Gasteiger partial charge >= 0.3 is 0 Å². The highest BCUT2D eigenvalue weighted by atomic mass is 127. The van der Waals surface area contributed by atoms with Crippen LogP contribution in [0, 0.1) is 0 Å². The van der Waals surface area contributed by atoms with Crippen LogP contribution in [0.1, 0.15) is 84.0 Å². The topological polar surface area (TPSA) is 0 Å². The molecule has 1 nitrogen and oxygen atoms in total. The highest BCUT2D eigenvalue weighted by Crippen LogP contribution is 2.12. The van der Waals surface area contributed by atoms with E-state index in [1.54, 1.807) is 0 Å². The standard InChI is InChI=1S/C17H37ClN.HI/c1-4-5-6-7-8-9-10-11-12-13-14-15-16-19(2,3)17-18;/h4-17H2,1-3H3;1H/q+1;/p-1. The van der Waals surface area contributed by atoms with Crippen LogP contribution in [0.15, 0.2) is 0 Å². The van der Waals surface area contributed by atoms with Crippen molar-refractivity contribution in [3.05, 3.63) is 0 Å². The lowest BCUT2D eigenvalue weighted by Gasteiger charge is -2.26. The van der Waals surface area contributed by atoms with Crippen LogP contribution < -0.4 is 24.0 Å². The summed E-state index contributed by atoms with van der Waals surface area (Å²) in [7, 11) is 4.43. The zero-order chi connectivity index (χ0) is 14.4. The van der Waals surface area contributed by atoms with Gasteiger partial charge in [-0.3, -0.25) is 0 Å². The van der Waals surface area contributed by atoms with Crippen molar-refractivity contribution in [1.29, 1.82) is 0 Å². The molecule has 0 saturated heterocycles. The summed E-state index contributed by atoms with van der Waals surface area (Å²) in [6.07, 6.45) is 17.1. The molecule has 0 rings (SSSR count). The fourth-order valence-corrected chi connectivity index (χ4v) is 2.56. The van der Waals surface area contributed by atoms with Gasteiger partial charge in [-0.25, -0.2) is 0 Å². The number of nitrogens with zero attached hydrogens (tertiary/aromatic N) is 1. The van der Waals surface area contributed by atoms with Crippen molar-refractivity contribution >= 4 is 11.6 Å². The van der Waals surface area contributed by atoms with Gasteiger partial charge in [0.05, 0.1) is 20.6 Å². The molecule has 0 atom stereocenters. The van der Waals surface area contributed by atoms with Crippen molar-refractivity contribution in [3.8, 4) is 0 Å². The molecule has 3 heteroatoms. The zero-order valence-corrected chi connectivity index (χ0v) is 17.0. The summed E-state index contributed by atoms with van der Waals surface area (Å²) in [5.74, 6) is 0. The van der Waals surface area contributed by atoms with Gasteiger partial charge in [0, 0.05) is 0 Å². The highest BCUT2D eigenvalue weighted by molar-refractivity contribution is 6.16. The number of hydrogen-bond donors (Lipinski definition) is 0. The largest absolute Gasteiger partial charge is 1.00 e. The number of hydrogen-bond acceptors (Lipinski definition) is 0. The minimum absolute atomic E-state index is 0. The van der Waals surface area contributed by atoms with E-state index in [0.29, 0.717) is 0 Å². The van der Waals surface area contributed by atoms with E-state index in [0.717, 1.165) is 10.5 Å². The quantitative estimate of drug-likeness (QED) is 0.134. The lowest BCUT2D eigenvalue weighted by atomic mass is 10.1. The molecule has 0 spiro atoms. The molecular formula is C17H37ClIN. The Bertz CT molecular complexity index is 186. The van der Waals surface area contributed by atoms with Crippen molar-refractivity contribution in [2.75, 3.05) is 26.6 Å². The lowest BCUT2D eigenvalue weighted by Crippen LogP contribution is -3.00. The van der Waals surface area contributed by atoms with Crippen LogP contribution in [-0.4, -0.2) is 31.1 Å².